The number of nitrogens with one attached hydrogen (secondary N) is 1. The van der Waals surface area contributed by atoms with Crippen LogP contribution in [0.1, 0.15) is 21.5 Å². The lowest BCUT2D eigenvalue weighted by molar-refractivity contribution is -0.122. The summed E-state index contributed by atoms with van der Waals surface area (Å²) in [6.45, 7) is 0.270. The average Bonchev–Trinajstić information content (AvgIpc) is 2.85. The first-order valence-corrected chi connectivity index (χ1v) is 11.6. The normalized spacial score (nSPS) is 14.6. The van der Waals surface area contributed by atoms with E-state index in [1.54, 1.807) is 66.7 Å². The molecule has 0 atom stereocenters. The molecule has 9 heteroatoms. The second-order valence-corrected chi connectivity index (χ2v) is 8.79. The molecule has 0 radical (unpaired) electrons. The molecule has 1 heterocycles. The molecular weight excluding hydrogens is 532 g/mol. The predicted molar refractivity (Wildman–Crippen MR) is 139 cm³/mol. The highest BCUT2D eigenvalue weighted by Gasteiger charge is 2.34. The largest absolute Gasteiger partial charge is 0.489 e. The minimum Gasteiger partial charge on any atom is -0.489 e. The topological polar surface area (TPSA) is 84.9 Å². The van der Waals surface area contributed by atoms with Gasteiger partial charge in [0.2, 0.25) is 0 Å². The summed E-state index contributed by atoms with van der Waals surface area (Å²) in [5.74, 6) is -0.935. The number of ether oxygens (including phenoxy) is 2. The number of hydrogen-bond donors (Lipinski definition) is 1. The molecule has 0 saturated carbocycles. The maximum absolute atomic E-state index is 13.2. The van der Waals surface area contributed by atoms with Gasteiger partial charge < -0.3 is 9.47 Å². The molecule has 35 heavy (non-hydrogen) atoms. The fraction of sp³-hybridized carbons (Fsp3) is 0.0769. The number of hydrogen-bond acceptors (Lipinski definition) is 6. The summed E-state index contributed by atoms with van der Waals surface area (Å²) in [5.41, 5.74) is 2.42. The zero-order valence-electron chi connectivity index (χ0n) is 18.5. The van der Waals surface area contributed by atoms with Crippen LogP contribution in [0.5, 0.6) is 5.75 Å². The molecule has 3 aromatic carbocycles. The second kappa shape index (κ2) is 10.6. The zero-order valence-corrected chi connectivity index (χ0v) is 20.9. The Hall–Kier alpha value is -3.82. The molecule has 3 aromatic rings. The fourth-order valence-electron chi connectivity index (χ4n) is 3.39. The Kier molecular flexibility index (Phi) is 7.38. The van der Waals surface area contributed by atoms with Crippen LogP contribution in [0, 0.1) is 0 Å². The first kappa shape index (κ1) is 24.3. The first-order valence-electron chi connectivity index (χ1n) is 10.4. The smallest absolute Gasteiger partial charge is 0.337 e. The molecule has 1 aliphatic heterocycles. The van der Waals surface area contributed by atoms with Crippen molar-refractivity contribution >= 4 is 62.8 Å². The van der Waals surface area contributed by atoms with Crippen LogP contribution in [-0.2, 0) is 20.9 Å². The number of rotatable bonds is 6. The third kappa shape index (κ3) is 5.64. The summed E-state index contributed by atoms with van der Waals surface area (Å²) in [7, 11) is 1.33. The van der Waals surface area contributed by atoms with Gasteiger partial charge in [0.15, 0.2) is 5.11 Å². The van der Waals surface area contributed by atoms with Crippen molar-refractivity contribution in [2.75, 3.05) is 12.0 Å². The van der Waals surface area contributed by atoms with Crippen LogP contribution in [0.15, 0.2) is 82.8 Å². The monoisotopic (exact) mass is 550 g/mol. The van der Waals surface area contributed by atoms with E-state index >= 15 is 0 Å². The molecule has 0 bridgehead atoms. The van der Waals surface area contributed by atoms with Crippen molar-refractivity contribution in [3.8, 4) is 5.75 Å². The Bertz CT molecular complexity index is 1350. The van der Waals surface area contributed by atoms with Gasteiger partial charge in [0.1, 0.15) is 17.9 Å². The van der Waals surface area contributed by atoms with Crippen molar-refractivity contribution in [2.45, 2.75) is 6.61 Å². The molecule has 0 unspecified atom stereocenters. The molecule has 0 aromatic heterocycles. The minimum atomic E-state index is -0.566. The van der Waals surface area contributed by atoms with Gasteiger partial charge in [0, 0.05) is 4.47 Å². The van der Waals surface area contributed by atoms with E-state index in [0.29, 0.717) is 22.6 Å². The Morgan fingerprint density at radius 2 is 1.80 bits per heavy atom. The Labute approximate surface area is 215 Å². The van der Waals surface area contributed by atoms with E-state index in [4.69, 9.17) is 21.7 Å². The number of carbonyl (C=O) groups is 3. The average molecular weight is 551 g/mol. The lowest BCUT2D eigenvalue weighted by Crippen LogP contribution is -2.54. The first-order chi connectivity index (χ1) is 16.9. The summed E-state index contributed by atoms with van der Waals surface area (Å²) in [5, 5.41) is 2.59. The van der Waals surface area contributed by atoms with Gasteiger partial charge in [-0.25, -0.2) is 4.79 Å². The van der Waals surface area contributed by atoms with E-state index < -0.39 is 17.8 Å². The quantitative estimate of drug-likeness (QED) is 0.208. The van der Waals surface area contributed by atoms with E-state index in [1.165, 1.54) is 18.1 Å². The van der Waals surface area contributed by atoms with Gasteiger partial charge in [-0.1, -0.05) is 46.3 Å². The van der Waals surface area contributed by atoms with Crippen LogP contribution >= 0.6 is 28.1 Å². The van der Waals surface area contributed by atoms with Crippen LogP contribution in [0.4, 0.5) is 5.69 Å². The van der Waals surface area contributed by atoms with Crippen LogP contribution in [-0.4, -0.2) is 30.0 Å². The molecule has 1 fully saturated rings. The predicted octanol–water partition coefficient (Wildman–Crippen LogP) is 4.65. The lowest BCUT2D eigenvalue weighted by Gasteiger charge is -2.29. The maximum atomic E-state index is 13.2. The summed E-state index contributed by atoms with van der Waals surface area (Å²) in [6, 6.07) is 21.0. The number of nitrogens with zero attached hydrogens (tertiary/aromatic N) is 1. The number of halogens is 1. The van der Waals surface area contributed by atoms with Crippen molar-refractivity contribution in [1.29, 1.82) is 0 Å². The molecule has 7 nitrogen and oxygen atoms in total. The van der Waals surface area contributed by atoms with Gasteiger partial charge in [-0.2, -0.15) is 0 Å². The number of amides is 2. The number of anilines is 1. The van der Waals surface area contributed by atoms with E-state index in [9.17, 15) is 14.4 Å². The maximum Gasteiger partial charge on any atom is 0.337 e. The Morgan fingerprint density at radius 3 is 2.51 bits per heavy atom. The van der Waals surface area contributed by atoms with Crippen molar-refractivity contribution < 1.29 is 23.9 Å². The van der Waals surface area contributed by atoms with Crippen LogP contribution in [0.2, 0.25) is 0 Å². The number of benzene rings is 3. The highest BCUT2D eigenvalue weighted by atomic mass is 79.9. The van der Waals surface area contributed by atoms with E-state index in [2.05, 4.69) is 21.2 Å². The van der Waals surface area contributed by atoms with Crippen LogP contribution in [0.3, 0.4) is 0 Å². The summed E-state index contributed by atoms with van der Waals surface area (Å²) in [6.07, 6.45) is 1.50. The van der Waals surface area contributed by atoms with Crippen LogP contribution in [0.25, 0.3) is 6.08 Å². The summed E-state index contributed by atoms with van der Waals surface area (Å²) < 4.78 is 11.3. The molecule has 1 aliphatic rings. The number of thiocarbonyl (C=S) groups is 1. The Morgan fingerprint density at radius 1 is 1.06 bits per heavy atom. The highest BCUT2D eigenvalue weighted by Crippen LogP contribution is 2.25. The molecule has 4 rings (SSSR count). The molecule has 1 saturated heterocycles. The second-order valence-electron chi connectivity index (χ2n) is 7.49. The van der Waals surface area contributed by atoms with E-state index in [-0.39, 0.29) is 17.3 Å². The van der Waals surface area contributed by atoms with Gasteiger partial charge >= 0.3 is 5.97 Å². The van der Waals surface area contributed by atoms with E-state index in [1.807, 2.05) is 6.07 Å². The van der Waals surface area contributed by atoms with Gasteiger partial charge in [-0.3, -0.25) is 19.8 Å². The minimum absolute atomic E-state index is 0.0190. The highest BCUT2D eigenvalue weighted by molar-refractivity contribution is 9.10. The van der Waals surface area contributed by atoms with Crippen molar-refractivity contribution in [2.24, 2.45) is 0 Å². The van der Waals surface area contributed by atoms with Crippen LogP contribution < -0.4 is 15.0 Å². The number of methoxy groups -OCH3 is 1. The molecule has 176 valence electrons. The third-order valence-electron chi connectivity index (χ3n) is 5.12. The Balaban J connectivity index is 1.52. The zero-order chi connectivity index (χ0) is 24.9. The van der Waals surface area contributed by atoms with Crippen molar-refractivity contribution in [3.63, 3.8) is 0 Å². The van der Waals surface area contributed by atoms with Crippen molar-refractivity contribution in [3.05, 3.63) is 99.5 Å². The molecule has 2 amide bonds. The molecule has 0 spiro atoms. The molecule has 0 aliphatic carbocycles. The number of esters is 1. The molecular formula is C26H19BrN2O5S. The molecule has 1 N–H and O–H groups in total. The van der Waals surface area contributed by atoms with Gasteiger partial charge in [-0.15, -0.1) is 0 Å². The van der Waals surface area contributed by atoms with Crippen molar-refractivity contribution in [1.82, 2.24) is 5.32 Å². The SMILES string of the molecule is COC(=O)c1ccc(COc2cccc(C=C3C(=O)NC(=S)N(c4cccc(Br)c4)C3=O)c2)cc1. The fourth-order valence-corrected chi connectivity index (χ4v) is 4.06. The summed E-state index contributed by atoms with van der Waals surface area (Å²) in [4.78, 5) is 38.6. The van der Waals surface area contributed by atoms with Gasteiger partial charge in [-0.05, 0) is 71.9 Å². The standard InChI is InChI=1S/C26H19BrN2O5S/c1-33-25(32)18-10-8-16(9-11-18)15-34-21-7-2-4-17(12-21)13-22-23(30)28-26(35)29(24(22)31)20-6-3-5-19(27)14-20/h2-14H,15H2,1H3,(H,28,30,35). The van der Waals surface area contributed by atoms with E-state index in [0.717, 1.165) is 10.0 Å². The van der Waals surface area contributed by atoms with Gasteiger partial charge in [0.05, 0.1) is 18.4 Å². The summed E-state index contributed by atoms with van der Waals surface area (Å²) >= 11 is 8.62. The number of carbonyl (C=O) groups excluding carboxylic acids is 3. The van der Waals surface area contributed by atoms with Gasteiger partial charge in [0.25, 0.3) is 11.8 Å². The third-order valence-corrected chi connectivity index (χ3v) is 5.90. The lowest BCUT2D eigenvalue weighted by atomic mass is 10.1.